The molecule has 7 heteroatoms. The predicted molar refractivity (Wildman–Crippen MR) is 95.8 cm³/mol. The van der Waals surface area contributed by atoms with E-state index in [1.165, 1.54) is 4.80 Å². The molecule has 0 fully saturated rings. The van der Waals surface area contributed by atoms with Gasteiger partial charge in [-0.25, -0.2) is 0 Å². The molecule has 0 N–H and O–H groups in total. The van der Waals surface area contributed by atoms with Crippen LogP contribution in [0.1, 0.15) is 52.3 Å². The van der Waals surface area contributed by atoms with Crippen LogP contribution in [-0.4, -0.2) is 38.5 Å². The number of nitrogens with zero attached hydrogens (tertiary/aromatic N) is 7. The third kappa shape index (κ3) is 6.16. The van der Waals surface area contributed by atoms with E-state index in [1.807, 2.05) is 52.2 Å². The standard InChI is InChI=1S/C15H19N7.C2H6/c1-3-10-21(2)17-12-15-18-20-22(19-15)14-7-5-4-6-13(11-16)8-9-14;1-2/h3,6,9-10,12H,4-5,7-8H2,1-2H3;1-2H3/b10-3-,13-6+,14-9+,17-12+;. The summed E-state index contributed by atoms with van der Waals surface area (Å²) in [5, 5.41) is 27.2. The van der Waals surface area contributed by atoms with Gasteiger partial charge < -0.3 is 0 Å². The molecule has 0 radical (unpaired) electrons. The first-order valence-electron chi connectivity index (χ1n) is 8.21. The molecule has 7 nitrogen and oxygen atoms in total. The summed E-state index contributed by atoms with van der Waals surface area (Å²) in [6, 6.07) is 2.21. The van der Waals surface area contributed by atoms with Gasteiger partial charge in [-0.1, -0.05) is 32.1 Å². The molecule has 1 aliphatic rings. The molecule has 0 aliphatic heterocycles. The number of rotatable bonds is 4. The van der Waals surface area contributed by atoms with Gasteiger partial charge in [0.2, 0.25) is 5.82 Å². The summed E-state index contributed by atoms with van der Waals surface area (Å²) in [4.78, 5) is 1.53. The number of tetrazole rings is 1. The van der Waals surface area contributed by atoms with E-state index < -0.39 is 0 Å². The summed E-state index contributed by atoms with van der Waals surface area (Å²) in [5.74, 6) is 0.454. The Morgan fingerprint density at radius 1 is 1.38 bits per heavy atom. The molecule has 24 heavy (non-hydrogen) atoms. The zero-order chi connectivity index (χ0) is 17.8. The Labute approximate surface area is 143 Å². The molecule has 1 aromatic rings. The van der Waals surface area contributed by atoms with E-state index in [0.29, 0.717) is 12.2 Å². The Kier molecular flexibility index (Phi) is 8.76. The fourth-order valence-corrected chi connectivity index (χ4v) is 2.04. The summed E-state index contributed by atoms with van der Waals surface area (Å²) in [6.45, 7) is 5.92. The lowest BCUT2D eigenvalue weighted by atomic mass is 10.0. The minimum atomic E-state index is 0.454. The summed E-state index contributed by atoms with van der Waals surface area (Å²) in [5.41, 5.74) is 1.75. The van der Waals surface area contributed by atoms with Gasteiger partial charge in [0.1, 0.15) is 0 Å². The van der Waals surface area contributed by atoms with Gasteiger partial charge in [-0.15, -0.1) is 15.0 Å². The Morgan fingerprint density at radius 2 is 2.17 bits per heavy atom. The third-order valence-electron chi connectivity index (χ3n) is 3.14. The molecule has 0 spiro atoms. The molecule has 128 valence electrons. The molecule has 2 rings (SSSR count). The number of nitriles is 1. The smallest absolute Gasteiger partial charge is 0.218 e. The van der Waals surface area contributed by atoms with E-state index in [0.717, 1.165) is 30.5 Å². The van der Waals surface area contributed by atoms with Gasteiger partial charge in [0, 0.05) is 25.2 Å². The fraction of sp³-hybridized carbons (Fsp3) is 0.471. The van der Waals surface area contributed by atoms with Crippen molar-refractivity contribution in [2.45, 2.75) is 46.5 Å². The van der Waals surface area contributed by atoms with E-state index in [1.54, 1.807) is 11.2 Å². The molecular weight excluding hydrogens is 302 g/mol. The van der Waals surface area contributed by atoms with Crippen molar-refractivity contribution in [1.29, 1.82) is 5.26 Å². The zero-order valence-electron chi connectivity index (χ0n) is 14.8. The van der Waals surface area contributed by atoms with Gasteiger partial charge in [-0.3, -0.25) is 5.01 Å². The highest BCUT2D eigenvalue weighted by Gasteiger charge is 2.09. The van der Waals surface area contributed by atoms with Crippen molar-refractivity contribution in [3.8, 4) is 6.07 Å². The van der Waals surface area contributed by atoms with Crippen LogP contribution >= 0.6 is 0 Å². The highest BCUT2D eigenvalue weighted by molar-refractivity contribution is 5.73. The van der Waals surface area contributed by atoms with Gasteiger partial charge in [0.05, 0.1) is 18.0 Å². The Bertz CT molecular complexity index is 659. The van der Waals surface area contributed by atoms with Crippen LogP contribution in [0, 0.1) is 11.3 Å². The van der Waals surface area contributed by atoms with Crippen LogP contribution in [0.4, 0.5) is 0 Å². The van der Waals surface area contributed by atoms with Gasteiger partial charge in [0.25, 0.3) is 0 Å². The number of allylic oxidation sites excluding steroid dienone is 5. The molecule has 1 aliphatic carbocycles. The average molecular weight is 327 g/mol. The van der Waals surface area contributed by atoms with Gasteiger partial charge in [-0.05, 0) is 31.4 Å². The number of hydrazone groups is 1. The molecule has 1 heterocycles. The Morgan fingerprint density at radius 3 is 2.88 bits per heavy atom. The van der Waals surface area contributed by atoms with Crippen LogP contribution < -0.4 is 0 Å². The van der Waals surface area contributed by atoms with Crippen LogP contribution in [0.15, 0.2) is 35.1 Å². The largest absolute Gasteiger partial charge is 0.276 e. The number of hydrogen-bond acceptors (Lipinski definition) is 6. The molecule has 0 atom stereocenters. The van der Waals surface area contributed by atoms with E-state index >= 15 is 0 Å². The van der Waals surface area contributed by atoms with Crippen molar-refractivity contribution >= 4 is 11.9 Å². The lowest BCUT2D eigenvalue weighted by molar-refractivity contribution is 0.492. The van der Waals surface area contributed by atoms with Crippen LogP contribution in [0.5, 0.6) is 0 Å². The molecule has 1 aromatic heterocycles. The number of hydrogen-bond donors (Lipinski definition) is 0. The lowest BCUT2D eigenvalue weighted by Crippen LogP contribution is -2.04. The quantitative estimate of drug-likeness (QED) is 0.625. The van der Waals surface area contributed by atoms with Crippen LogP contribution in [0.3, 0.4) is 0 Å². The van der Waals surface area contributed by atoms with Gasteiger partial charge in [0.15, 0.2) is 0 Å². The van der Waals surface area contributed by atoms with Crippen molar-refractivity contribution in [2.75, 3.05) is 7.05 Å². The SMILES string of the molecule is C/C=C\N(C)/N=C/c1nnn(/C2=C/C/C(C#N)=C\CCC2)n1.CC. The second kappa shape index (κ2) is 10.9. The van der Waals surface area contributed by atoms with Crippen molar-refractivity contribution in [2.24, 2.45) is 5.10 Å². The second-order valence-electron chi connectivity index (χ2n) is 4.87. The lowest BCUT2D eigenvalue weighted by Gasteiger charge is -2.07. The summed E-state index contributed by atoms with van der Waals surface area (Å²) >= 11 is 0. The predicted octanol–water partition coefficient (Wildman–Crippen LogP) is 3.36. The summed E-state index contributed by atoms with van der Waals surface area (Å²) in [7, 11) is 1.83. The van der Waals surface area contributed by atoms with Crippen LogP contribution in [-0.2, 0) is 0 Å². The Balaban J connectivity index is 0.00000139. The van der Waals surface area contributed by atoms with E-state index in [2.05, 4.69) is 26.6 Å². The minimum absolute atomic E-state index is 0.454. The Hall–Kier alpha value is -2.75. The summed E-state index contributed by atoms with van der Waals surface area (Å²) < 4.78 is 0. The van der Waals surface area contributed by atoms with Crippen molar-refractivity contribution in [1.82, 2.24) is 25.2 Å². The van der Waals surface area contributed by atoms with Gasteiger partial charge in [-0.2, -0.15) is 10.4 Å². The first kappa shape index (κ1) is 19.3. The normalized spacial score (nSPS) is 19.3. The number of aromatic nitrogens is 4. The van der Waals surface area contributed by atoms with Crippen LogP contribution in [0.2, 0.25) is 0 Å². The van der Waals surface area contributed by atoms with E-state index in [9.17, 15) is 0 Å². The van der Waals surface area contributed by atoms with Crippen molar-refractivity contribution < 1.29 is 0 Å². The van der Waals surface area contributed by atoms with Crippen molar-refractivity contribution in [3.05, 3.63) is 35.8 Å². The van der Waals surface area contributed by atoms with Crippen molar-refractivity contribution in [3.63, 3.8) is 0 Å². The molecular formula is C17H25N7. The maximum absolute atomic E-state index is 9.01. The first-order valence-corrected chi connectivity index (χ1v) is 8.21. The van der Waals surface area contributed by atoms with Crippen LogP contribution in [0.25, 0.3) is 5.70 Å². The molecule has 0 amide bonds. The molecule has 0 aromatic carbocycles. The third-order valence-corrected chi connectivity index (χ3v) is 3.14. The fourth-order valence-electron chi connectivity index (χ4n) is 2.04. The highest BCUT2D eigenvalue weighted by Crippen LogP contribution is 2.18. The monoisotopic (exact) mass is 327 g/mol. The molecule has 0 unspecified atom stereocenters. The maximum Gasteiger partial charge on any atom is 0.218 e. The first-order chi connectivity index (χ1) is 11.7. The molecule has 0 saturated carbocycles. The van der Waals surface area contributed by atoms with Gasteiger partial charge >= 0.3 is 0 Å². The second-order valence-corrected chi connectivity index (χ2v) is 4.87. The minimum Gasteiger partial charge on any atom is -0.276 e. The maximum atomic E-state index is 9.01. The van der Waals surface area contributed by atoms with E-state index in [4.69, 9.17) is 5.26 Å². The highest BCUT2D eigenvalue weighted by atomic mass is 15.6. The molecule has 0 saturated heterocycles. The summed E-state index contributed by atoms with van der Waals surface area (Å²) in [6.07, 6.45) is 12.6. The molecule has 0 bridgehead atoms. The van der Waals surface area contributed by atoms with E-state index in [-0.39, 0.29) is 0 Å². The zero-order valence-corrected chi connectivity index (χ0v) is 14.8. The average Bonchev–Trinajstić information content (AvgIpc) is 3.04. The topological polar surface area (TPSA) is 83.0 Å².